The van der Waals surface area contributed by atoms with Gasteiger partial charge in [0.1, 0.15) is 0 Å². The van der Waals surface area contributed by atoms with E-state index in [2.05, 4.69) is 72.6 Å². The number of nitrogens with zero attached hydrogens (tertiary/aromatic N) is 8. The van der Waals surface area contributed by atoms with Crippen molar-refractivity contribution in [2.45, 2.75) is 57.6 Å². The highest BCUT2D eigenvalue weighted by atomic mass is 35.5. The van der Waals surface area contributed by atoms with Gasteiger partial charge in [0.15, 0.2) is 0 Å². The summed E-state index contributed by atoms with van der Waals surface area (Å²) < 4.78 is 27.4. The highest BCUT2D eigenvalue weighted by molar-refractivity contribution is 7.89. The lowest BCUT2D eigenvalue weighted by Crippen LogP contribution is -2.43. The number of pyridine rings is 4. The van der Waals surface area contributed by atoms with E-state index in [-0.39, 0.29) is 34.1 Å². The van der Waals surface area contributed by atoms with Crippen LogP contribution in [0.25, 0.3) is 45.0 Å². The number of carbonyl (C=O) groups excluding carboxylic acids is 4. The smallest absolute Gasteiger partial charge is 0.255 e. The summed E-state index contributed by atoms with van der Waals surface area (Å²) in [4.78, 5) is 77.3. The van der Waals surface area contributed by atoms with Crippen molar-refractivity contribution in [2.24, 2.45) is 5.92 Å². The van der Waals surface area contributed by atoms with Crippen LogP contribution < -0.4 is 26.0 Å². The summed E-state index contributed by atoms with van der Waals surface area (Å²) in [6.45, 7) is 13.5. The second-order valence-corrected chi connectivity index (χ2v) is 31.9. The maximum Gasteiger partial charge on any atom is 0.255 e. The number of likely N-dealkylation sites (N-methyl/N-ethyl adjacent to an activating group) is 1. The number of amides is 4. The van der Waals surface area contributed by atoms with E-state index in [1.165, 1.54) is 42.5 Å². The fourth-order valence-electron chi connectivity index (χ4n) is 12.6. The number of likely N-dealkylation sites (tertiary alicyclic amines) is 1. The molecule has 0 spiro atoms. The molecule has 0 aliphatic carbocycles. The van der Waals surface area contributed by atoms with Crippen molar-refractivity contribution in [3.05, 3.63) is 326 Å². The lowest BCUT2D eigenvalue weighted by atomic mass is 10.1. The van der Waals surface area contributed by atoms with Crippen molar-refractivity contribution < 1.29 is 27.6 Å². The van der Waals surface area contributed by atoms with E-state index in [1.807, 2.05) is 186 Å². The van der Waals surface area contributed by atoms with Crippen molar-refractivity contribution in [2.75, 3.05) is 88.2 Å². The van der Waals surface area contributed by atoms with E-state index in [1.54, 1.807) is 97.6 Å². The third-order valence-electron chi connectivity index (χ3n) is 18.8. The summed E-state index contributed by atoms with van der Waals surface area (Å²) in [7, 11) is 2.50. The van der Waals surface area contributed by atoms with Gasteiger partial charge < -0.3 is 31.1 Å². The predicted octanol–water partition coefficient (Wildman–Crippen LogP) is 19.3. The summed E-state index contributed by atoms with van der Waals surface area (Å²) in [5, 5.41) is 13.9. The molecule has 19 nitrogen and oxygen atoms in total. The Kier molecular flexibility index (Phi) is 31.0. The molecular formula is C91H91Cl4N13O6S. The van der Waals surface area contributed by atoms with E-state index in [4.69, 9.17) is 46.4 Å². The Bertz CT molecular complexity index is 5340. The molecule has 5 N–H and O–H groups in total. The van der Waals surface area contributed by atoms with E-state index in [9.17, 15) is 27.6 Å². The molecule has 4 aromatic heterocycles. The van der Waals surface area contributed by atoms with Gasteiger partial charge >= 0.3 is 0 Å². The average Bonchev–Trinajstić information content (AvgIpc) is 0.846. The van der Waals surface area contributed by atoms with Crippen LogP contribution in [0.3, 0.4) is 0 Å². The molecule has 6 heterocycles. The zero-order valence-electron chi connectivity index (χ0n) is 64.6. The summed E-state index contributed by atoms with van der Waals surface area (Å²) >= 11 is 25.2. The van der Waals surface area contributed by atoms with Crippen molar-refractivity contribution in [1.29, 1.82) is 0 Å². The number of hydrogen-bond acceptors (Lipinski definition) is 14. The van der Waals surface area contributed by atoms with Crippen molar-refractivity contribution >= 4 is 103 Å². The van der Waals surface area contributed by atoms with Crippen LogP contribution >= 0.6 is 46.4 Å². The SMILES string of the molecule is CC(C)CNS(=O)(=O)c1cccc(C(=O)Nc2ccc(Cl)c(-c3ccccn3)c2)c1.CN(C)Cc1ccc(C(=O)Nc2ccc(Cl)c(-c3ccccn3)c2)cc1.CN1CCN(Cc2ccc(C(=O)Nc3ccc(Cl)c(-c4ccccn4)c3)cc2)CC1.O=C(Nc1ccc(Cl)c(-c2ccccn2)c1)c1ccc(CN2CCCCC2)cc1. The maximum atomic E-state index is 12.7. The molecule has 2 aliphatic heterocycles. The number of sulfonamides is 1. The number of benzene rings is 8. The second-order valence-electron chi connectivity index (χ2n) is 28.5. The van der Waals surface area contributed by atoms with Gasteiger partial charge in [-0.3, -0.25) is 48.9 Å². The molecule has 2 saturated heterocycles. The van der Waals surface area contributed by atoms with Gasteiger partial charge in [-0.05, 0) is 246 Å². The molecular weight excluding hydrogens is 1540 g/mol. The van der Waals surface area contributed by atoms with Gasteiger partial charge in [0, 0.05) is 144 Å². The van der Waals surface area contributed by atoms with Crippen molar-refractivity contribution in [1.82, 2.24) is 44.3 Å². The van der Waals surface area contributed by atoms with Crippen LogP contribution in [0.5, 0.6) is 0 Å². The molecule has 2 fully saturated rings. The summed E-state index contributed by atoms with van der Waals surface area (Å²) in [6, 6.07) is 73.0. The molecule has 0 saturated carbocycles. The molecule has 0 radical (unpaired) electrons. The van der Waals surface area contributed by atoms with Crippen molar-refractivity contribution in [3.8, 4) is 45.0 Å². The fraction of sp³-hybridized carbons (Fsp3) is 0.209. The van der Waals surface area contributed by atoms with Crippen LogP contribution in [0.4, 0.5) is 22.7 Å². The van der Waals surface area contributed by atoms with E-state index >= 15 is 0 Å². The molecule has 4 amide bonds. The number of hydrogen-bond donors (Lipinski definition) is 5. The largest absolute Gasteiger partial charge is 0.322 e. The highest BCUT2D eigenvalue weighted by Gasteiger charge is 2.21. The maximum absolute atomic E-state index is 12.7. The first-order chi connectivity index (χ1) is 55.6. The topological polar surface area (TPSA) is 227 Å². The first-order valence-corrected chi connectivity index (χ1v) is 40.8. The first kappa shape index (κ1) is 85.0. The van der Waals surface area contributed by atoms with Crippen molar-refractivity contribution in [3.63, 3.8) is 0 Å². The Morgan fingerprint density at radius 2 is 0.730 bits per heavy atom. The summed E-state index contributed by atoms with van der Waals surface area (Å²) in [5.41, 5.74) is 14.4. The van der Waals surface area contributed by atoms with Crippen LogP contribution in [0, 0.1) is 5.92 Å². The highest BCUT2D eigenvalue weighted by Crippen LogP contribution is 2.34. The lowest BCUT2D eigenvalue weighted by Gasteiger charge is -2.32. The number of anilines is 4. The number of piperidine rings is 1. The number of aromatic nitrogens is 4. The fourth-order valence-corrected chi connectivity index (χ4v) is 14.7. The zero-order chi connectivity index (χ0) is 81.2. The van der Waals surface area contributed by atoms with Crippen LogP contribution in [0.15, 0.2) is 272 Å². The van der Waals surface area contributed by atoms with Gasteiger partial charge in [-0.15, -0.1) is 0 Å². The number of halogens is 4. The van der Waals surface area contributed by atoms with Gasteiger partial charge in [0.2, 0.25) is 10.0 Å². The molecule has 2 aliphatic rings. The number of nitrogens with one attached hydrogen (secondary N) is 5. The average molecular weight is 1640 g/mol. The number of carbonyl (C=O) groups is 4. The van der Waals surface area contributed by atoms with Crippen LogP contribution in [-0.4, -0.2) is 139 Å². The van der Waals surface area contributed by atoms with Gasteiger partial charge in [0.05, 0.1) is 47.8 Å². The molecule has 0 atom stereocenters. The zero-order valence-corrected chi connectivity index (χ0v) is 68.5. The van der Waals surface area contributed by atoms with Gasteiger partial charge in [-0.25, -0.2) is 13.1 Å². The van der Waals surface area contributed by atoms with Gasteiger partial charge in [-0.2, -0.15) is 0 Å². The summed E-state index contributed by atoms with van der Waals surface area (Å²) in [6.07, 6.45) is 10.7. The third kappa shape index (κ3) is 25.6. The minimum absolute atomic E-state index is 0.0427. The Labute approximate surface area is 693 Å². The van der Waals surface area contributed by atoms with E-state index < -0.39 is 15.9 Å². The minimum atomic E-state index is -3.69. The molecule has 0 unspecified atom stereocenters. The third-order valence-corrected chi connectivity index (χ3v) is 21.5. The first-order valence-electron chi connectivity index (χ1n) is 37.8. The Morgan fingerprint density at radius 1 is 0.391 bits per heavy atom. The Balaban J connectivity index is 0.000000151. The molecule has 14 rings (SSSR count). The predicted molar refractivity (Wildman–Crippen MR) is 466 cm³/mol. The van der Waals surface area contributed by atoms with Crippen LogP contribution in [0.2, 0.25) is 20.1 Å². The number of rotatable bonds is 22. The monoisotopic (exact) mass is 1630 g/mol. The minimum Gasteiger partial charge on any atom is -0.322 e. The Morgan fingerprint density at radius 3 is 1.06 bits per heavy atom. The van der Waals surface area contributed by atoms with Gasteiger partial charge in [0.25, 0.3) is 23.6 Å². The molecule has 12 aromatic rings. The van der Waals surface area contributed by atoms with E-state index in [0.717, 1.165) is 98.2 Å². The normalized spacial score (nSPS) is 13.0. The van der Waals surface area contributed by atoms with E-state index in [0.29, 0.717) is 77.3 Å². The van der Waals surface area contributed by atoms with Crippen LogP contribution in [-0.2, 0) is 29.7 Å². The van der Waals surface area contributed by atoms with Crippen LogP contribution in [0.1, 0.15) is 91.2 Å². The Hall–Kier alpha value is -10.9. The molecule has 24 heteroatoms. The molecule has 0 bridgehead atoms. The second kappa shape index (κ2) is 42.0. The standard InChI is InChI=1S/C24H25ClN4O.C24H24ClN3O.C22H22ClN3O3S.C21H20ClN3O/c1-28-12-14-29(15-13-28)17-18-5-7-19(8-6-18)24(30)27-20-9-10-22(25)21(16-20)23-4-2-3-11-26-23;25-22-12-11-20(16-21(22)23-6-2-3-13-26-23)27-24(29)19-9-7-18(8-10-19)17-28-14-4-1-5-15-28;1-15(2)14-25-30(28,29)18-7-5-6-16(12-18)22(27)26-17-9-10-20(23)19(13-17)21-8-3-4-11-24-21;1-25(2)14-15-6-8-16(9-7-15)21(26)24-17-10-11-19(22)18(13-17)20-5-3-4-12-23-20/h2-11,16H,12-15,17H2,1H3,(H,27,30);2-3,6-13,16H,1,4-5,14-15,17H2,(H,27,29);3-13,15,25H,14H2,1-2H3,(H,26,27);3-13H,14H2,1-2H3,(H,24,26). The lowest BCUT2D eigenvalue weighted by molar-refractivity contribution is 0.101. The molecule has 590 valence electrons. The molecule has 115 heavy (non-hydrogen) atoms. The number of piperazine rings is 1. The van der Waals surface area contributed by atoms with Gasteiger partial charge in [-0.1, -0.05) is 133 Å². The summed E-state index contributed by atoms with van der Waals surface area (Å²) in [5.74, 6) is -0.690. The molecule has 8 aromatic carbocycles. The quantitative estimate of drug-likeness (QED) is 0.0425.